The predicted octanol–water partition coefficient (Wildman–Crippen LogP) is 4.77. The summed E-state index contributed by atoms with van der Waals surface area (Å²) in [6, 6.07) is 0.668. The van der Waals surface area contributed by atoms with Gasteiger partial charge in [0.1, 0.15) is 0 Å². The summed E-state index contributed by atoms with van der Waals surface area (Å²) in [6.45, 7) is 6.43. The molecule has 23 heavy (non-hydrogen) atoms. The number of likely N-dealkylation sites (tertiary alicyclic amines) is 1. The number of aliphatic hydroxyl groups excluding tert-OH is 1. The number of hydrogen-bond donors (Lipinski definition) is 1. The summed E-state index contributed by atoms with van der Waals surface area (Å²) in [6.07, 6.45) is 15.5. The first-order valence-corrected chi connectivity index (χ1v) is 10.2. The van der Waals surface area contributed by atoms with Gasteiger partial charge in [0, 0.05) is 26.2 Å². The van der Waals surface area contributed by atoms with Gasteiger partial charge in [0.05, 0.1) is 12.2 Å². The SMILES string of the molecule is CCCCCCCC(CCCCCC)N1CCC(OC)C(O)C1. The quantitative estimate of drug-likeness (QED) is 0.495. The van der Waals surface area contributed by atoms with Crippen molar-refractivity contribution in [3.05, 3.63) is 0 Å². The molecule has 0 spiro atoms. The summed E-state index contributed by atoms with van der Waals surface area (Å²) in [5.41, 5.74) is 0. The van der Waals surface area contributed by atoms with Crippen LogP contribution in [0, 0.1) is 0 Å². The molecule has 0 bridgehead atoms. The highest BCUT2D eigenvalue weighted by Gasteiger charge is 2.30. The van der Waals surface area contributed by atoms with Gasteiger partial charge in [-0.3, -0.25) is 4.90 Å². The summed E-state index contributed by atoms with van der Waals surface area (Å²) in [7, 11) is 1.72. The van der Waals surface area contributed by atoms with Crippen LogP contribution >= 0.6 is 0 Å². The van der Waals surface area contributed by atoms with Crippen LogP contribution in [0.5, 0.6) is 0 Å². The molecule has 3 unspecified atom stereocenters. The van der Waals surface area contributed by atoms with Crippen LogP contribution in [0.1, 0.15) is 90.9 Å². The molecule has 0 aliphatic carbocycles. The molecule has 0 aromatic carbocycles. The normalized spacial score (nSPS) is 24.0. The molecular formula is C20H41NO2. The lowest BCUT2D eigenvalue weighted by Crippen LogP contribution is -2.51. The van der Waals surface area contributed by atoms with Crippen molar-refractivity contribution in [1.82, 2.24) is 4.90 Å². The monoisotopic (exact) mass is 327 g/mol. The number of nitrogens with zero attached hydrogens (tertiary/aromatic N) is 1. The molecule has 0 saturated carbocycles. The van der Waals surface area contributed by atoms with Crippen molar-refractivity contribution >= 4 is 0 Å². The highest BCUT2D eigenvalue weighted by Crippen LogP contribution is 2.23. The lowest BCUT2D eigenvalue weighted by Gasteiger charge is -2.40. The Morgan fingerprint density at radius 3 is 2.04 bits per heavy atom. The van der Waals surface area contributed by atoms with Gasteiger partial charge in [0.25, 0.3) is 0 Å². The molecule has 0 radical (unpaired) electrons. The molecule has 1 rings (SSSR count). The Morgan fingerprint density at radius 2 is 1.52 bits per heavy atom. The van der Waals surface area contributed by atoms with E-state index in [2.05, 4.69) is 18.7 Å². The minimum absolute atomic E-state index is 0.0385. The van der Waals surface area contributed by atoms with E-state index in [1.165, 1.54) is 70.6 Å². The largest absolute Gasteiger partial charge is 0.389 e. The second-order valence-corrected chi connectivity index (χ2v) is 7.33. The van der Waals surface area contributed by atoms with Gasteiger partial charge in [0.2, 0.25) is 0 Å². The van der Waals surface area contributed by atoms with E-state index in [-0.39, 0.29) is 12.2 Å². The molecule has 0 aromatic rings. The van der Waals surface area contributed by atoms with E-state index in [1.807, 2.05) is 0 Å². The predicted molar refractivity (Wildman–Crippen MR) is 98.9 cm³/mol. The van der Waals surface area contributed by atoms with E-state index >= 15 is 0 Å². The number of aliphatic hydroxyl groups is 1. The van der Waals surface area contributed by atoms with Crippen LogP contribution in [-0.2, 0) is 4.74 Å². The molecule has 1 saturated heterocycles. The van der Waals surface area contributed by atoms with Crippen LogP contribution in [-0.4, -0.2) is 48.5 Å². The minimum atomic E-state index is -0.313. The van der Waals surface area contributed by atoms with Crippen molar-refractivity contribution in [2.75, 3.05) is 20.2 Å². The van der Waals surface area contributed by atoms with Gasteiger partial charge in [-0.25, -0.2) is 0 Å². The number of rotatable bonds is 13. The van der Waals surface area contributed by atoms with Gasteiger partial charge in [-0.15, -0.1) is 0 Å². The molecule has 3 heteroatoms. The third kappa shape index (κ3) is 8.51. The van der Waals surface area contributed by atoms with Gasteiger partial charge >= 0.3 is 0 Å². The Bertz CT molecular complexity index is 272. The highest BCUT2D eigenvalue weighted by molar-refractivity contribution is 4.84. The summed E-state index contributed by atoms with van der Waals surface area (Å²) in [5.74, 6) is 0. The molecule has 138 valence electrons. The van der Waals surface area contributed by atoms with Crippen molar-refractivity contribution in [3.8, 4) is 0 Å². The Morgan fingerprint density at radius 1 is 0.957 bits per heavy atom. The van der Waals surface area contributed by atoms with Gasteiger partial charge < -0.3 is 9.84 Å². The minimum Gasteiger partial charge on any atom is -0.389 e. The second-order valence-electron chi connectivity index (χ2n) is 7.33. The first-order chi connectivity index (χ1) is 11.2. The van der Waals surface area contributed by atoms with Crippen molar-refractivity contribution in [3.63, 3.8) is 0 Å². The Kier molecular flexibility index (Phi) is 12.0. The number of β-amino-alcohol motifs (C(OH)–C–C–N with tert-alkyl or cyclic N) is 1. The Labute approximate surface area is 144 Å². The summed E-state index contributed by atoms with van der Waals surface area (Å²) in [4.78, 5) is 2.55. The molecule has 3 nitrogen and oxygen atoms in total. The maximum Gasteiger partial charge on any atom is 0.0928 e. The van der Waals surface area contributed by atoms with Crippen molar-refractivity contribution < 1.29 is 9.84 Å². The molecular weight excluding hydrogens is 286 g/mol. The fourth-order valence-corrected chi connectivity index (χ4v) is 3.84. The zero-order valence-electron chi connectivity index (χ0n) is 15.9. The van der Waals surface area contributed by atoms with E-state index in [0.29, 0.717) is 6.04 Å². The molecule has 1 fully saturated rings. The van der Waals surface area contributed by atoms with Crippen LogP contribution in [0.25, 0.3) is 0 Å². The van der Waals surface area contributed by atoms with Crippen molar-refractivity contribution in [1.29, 1.82) is 0 Å². The van der Waals surface area contributed by atoms with E-state index in [4.69, 9.17) is 4.74 Å². The van der Waals surface area contributed by atoms with E-state index in [0.717, 1.165) is 19.5 Å². The molecule has 1 aliphatic heterocycles. The second kappa shape index (κ2) is 13.2. The molecule has 0 aromatic heterocycles. The third-order valence-corrected chi connectivity index (χ3v) is 5.40. The van der Waals surface area contributed by atoms with Gasteiger partial charge in [-0.1, -0.05) is 71.6 Å². The maximum absolute atomic E-state index is 10.3. The molecule has 0 amide bonds. The topological polar surface area (TPSA) is 32.7 Å². The lowest BCUT2D eigenvalue weighted by molar-refractivity contribution is -0.0704. The van der Waals surface area contributed by atoms with Crippen LogP contribution in [0.2, 0.25) is 0 Å². The van der Waals surface area contributed by atoms with Crippen LogP contribution in [0.4, 0.5) is 0 Å². The highest BCUT2D eigenvalue weighted by atomic mass is 16.5. The van der Waals surface area contributed by atoms with Crippen LogP contribution < -0.4 is 0 Å². The van der Waals surface area contributed by atoms with Gasteiger partial charge in [0.15, 0.2) is 0 Å². The number of unbranched alkanes of at least 4 members (excludes halogenated alkanes) is 7. The van der Waals surface area contributed by atoms with Gasteiger partial charge in [-0.05, 0) is 19.3 Å². The van der Waals surface area contributed by atoms with Crippen LogP contribution in [0.15, 0.2) is 0 Å². The fraction of sp³-hybridized carbons (Fsp3) is 1.00. The molecule has 1 N–H and O–H groups in total. The zero-order valence-corrected chi connectivity index (χ0v) is 15.9. The molecule has 1 aliphatic rings. The number of ether oxygens (including phenoxy) is 1. The average molecular weight is 328 g/mol. The Balaban J connectivity index is 2.39. The lowest BCUT2D eigenvalue weighted by atomic mass is 9.95. The maximum atomic E-state index is 10.3. The molecule has 1 heterocycles. The smallest absolute Gasteiger partial charge is 0.0928 e. The average Bonchev–Trinajstić information content (AvgIpc) is 2.56. The number of hydrogen-bond acceptors (Lipinski definition) is 3. The summed E-state index contributed by atoms with van der Waals surface area (Å²) >= 11 is 0. The Hall–Kier alpha value is -0.120. The third-order valence-electron chi connectivity index (χ3n) is 5.40. The summed E-state index contributed by atoms with van der Waals surface area (Å²) < 4.78 is 5.39. The van der Waals surface area contributed by atoms with Crippen molar-refractivity contribution in [2.45, 2.75) is 109 Å². The first-order valence-electron chi connectivity index (χ1n) is 10.2. The number of methoxy groups -OCH3 is 1. The number of piperidine rings is 1. The van der Waals surface area contributed by atoms with Crippen molar-refractivity contribution in [2.24, 2.45) is 0 Å². The van der Waals surface area contributed by atoms with E-state index in [9.17, 15) is 5.11 Å². The zero-order chi connectivity index (χ0) is 16.9. The fourth-order valence-electron chi connectivity index (χ4n) is 3.84. The first kappa shape index (κ1) is 20.9. The van der Waals surface area contributed by atoms with E-state index < -0.39 is 0 Å². The summed E-state index contributed by atoms with van der Waals surface area (Å²) in [5, 5.41) is 10.3. The van der Waals surface area contributed by atoms with Crippen LogP contribution in [0.3, 0.4) is 0 Å². The van der Waals surface area contributed by atoms with Gasteiger partial charge in [-0.2, -0.15) is 0 Å². The molecule has 3 atom stereocenters. The standard InChI is InChI=1S/C20H41NO2/c1-4-6-8-10-12-14-18(13-11-9-7-5-2)21-16-15-20(23-3)19(22)17-21/h18-20,22H,4-17H2,1-3H3. The van der Waals surface area contributed by atoms with E-state index in [1.54, 1.807) is 7.11 Å².